The molecule has 0 aromatic carbocycles. The number of rotatable bonds is 8. The fourth-order valence-corrected chi connectivity index (χ4v) is 1.57. The van der Waals surface area contributed by atoms with Crippen molar-refractivity contribution >= 4 is 11.8 Å². The first-order valence-electron chi connectivity index (χ1n) is 6.60. The van der Waals surface area contributed by atoms with Crippen LogP contribution in [-0.4, -0.2) is 42.8 Å². The van der Waals surface area contributed by atoms with E-state index in [1.165, 1.54) is 0 Å². The second-order valence-corrected chi connectivity index (χ2v) is 4.12. The maximum Gasteiger partial charge on any atom is 0.224 e. The van der Waals surface area contributed by atoms with E-state index in [1.807, 2.05) is 20.0 Å². The number of ether oxygens (including phenoxy) is 1. The maximum absolute atomic E-state index is 5.58. The van der Waals surface area contributed by atoms with Gasteiger partial charge in [-0.3, -0.25) is 0 Å². The van der Waals surface area contributed by atoms with Gasteiger partial charge in [-0.25, -0.2) is 4.98 Å². The molecule has 1 N–H and O–H groups in total. The molecular weight excluding hydrogens is 228 g/mol. The summed E-state index contributed by atoms with van der Waals surface area (Å²) in [6.45, 7) is 8.62. The molecule has 18 heavy (non-hydrogen) atoms. The van der Waals surface area contributed by atoms with Crippen LogP contribution in [-0.2, 0) is 4.74 Å². The van der Waals surface area contributed by atoms with Crippen LogP contribution in [0.4, 0.5) is 11.8 Å². The van der Waals surface area contributed by atoms with Gasteiger partial charge in [-0.05, 0) is 26.3 Å². The van der Waals surface area contributed by atoms with Crippen molar-refractivity contribution in [3.8, 4) is 0 Å². The van der Waals surface area contributed by atoms with Crippen molar-refractivity contribution < 1.29 is 4.74 Å². The van der Waals surface area contributed by atoms with Crippen LogP contribution in [0.1, 0.15) is 27.2 Å². The summed E-state index contributed by atoms with van der Waals surface area (Å²) in [5.41, 5.74) is 0. The molecule has 0 aliphatic carbocycles. The molecule has 5 nitrogen and oxygen atoms in total. The van der Waals surface area contributed by atoms with Crippen molar-refractivity contribution in [3.63, 3.8) is 0 Å². The summed E-state index contributed by atoms with van der Waals surface area (Å²) in [4.78, 5) is 10.8. The lowest BCUT2D eigenvalue weighted by atomic mass is 10.3. The van der Waals surface area contributed by atoms with E-state index >= 15 is 0 Å². The predicted octanol–water partition coefficient (Wildman–Crippen LogP) is 2.16. The minimum atomic E-state index is 0.214. The highest BCUT2D eigenvalue weighted by Gasteiger charge is 2.07. The molecule has 1 rings (SSSR count). The van der Waals surface area contributed by atoms with Crippen molar-refractivity contribution in [2.75, 3.05) is 37.0 Å². The van der Waals surface area contributed by atoms with Gasteiger partial charge in [-0.2, -0.15) is 4.98 Å². The Hall–Kier alpha value is -1.36. The number of nitrogens with one attached hydrogen (secondary N) is 1. The molecule has 1 unspecified atom stereocenters. The van der Waals surface area contributed by atoms with Crippen LogP contribution in [0.3, 0.4) is 0 Å². The SMILES string of the molecule is CCOC(CC)CNc1nccc(N(C)CC)n1. The minimum absolute atomic E-state index is 0.214. The van der Waals surface area contributed by atoms with Crippen molar-refractivity contribution in [3.05, 3.63) is 12.3 Å². The third-order valence-electron chi connectivity index (χ3n) is 2.85. The van der Waals surface area contributed by atoms with Gasteiger partial charge in [-0.1, -0.05) is 6.92 Å². The molecule has 0 radical (unpaired) electrons. The van der Waals surface area contributed by atoms with Crippen LogP contribution in [0.2, 0.25) is 0 Å². The Labute approximate surface area is 110 Å². The van der Waals surface area contributed by atoms with Gasteiger partial charge >= 0.3 is 0 Å². The lowest BCUT2D eigenvalue weighted by Crippen LogP contribution is -2.24. The van der Waals surface area contributed by atoms with Crippen LogP contribution in [0.15, 0.2) is 12.3 Å². The highest BCUT2D eigenvalue weighted by atomic mass is 16.5. The Morgan fingerprint density at radius 1 is 1.39 bits per heavy atom. The number of aromatic nitrogens is 2. The highest BCUT2D eigenvalue weighted by molar-refractivity contribution is 5.41. The molecule has 1 aromatic rings. The lowest BCUT2D eigenvalue weighted by molar-refractivity contribution is 0.0694. The zero-order chi connectivity index (χ0) is 13.4. The normalized spacial score (nSPS) is 12.2. The van der Waals surface area contributed by atoms with Crippen LogP contribution >= 0.6 is 0 Å². The van der Waals surface area contributed by atoms with E-state index in [0.29, 0.717) is 5.95 Å². The number of hydrogen-bond acceptors (Lipinski definition) is 5. The molecule has 0 spiro atoms. The average Bonchev–Trinajstić information content (AvgIpc) is 2.42. The van der Waals surface area contributed by atoms with Gasteiger partial charge in [-0.15, -0.1) is 0 Å². The fraction of sp³-hybridized carbons (Fsp3) is 0.692. The summed E-state index contributed by atoms with van der Waals surface area (Å²) < 4.78 is 5.58. The van der Waals surface area contributed by atoms with Gasteiger partial charge in [0, 0.05) is 32.9 Å². The van der Waals surface area contributed by atoms with E-state index in [9.17, 15) is 0 Å². The van der Waals surface area contributed by atoms with Gasteiger partial charge < -0.3 is 15.0 Å². The van der Waals surface area contributed by atoms with Crippen molar-refractivity contribution in [2.24, 2.45) is 0 Å². The van der Waals surface area contributed by atoms with E-state index in [4.69, 9.17) is 4.74 Å². The summed E-state index contributed by atoms with van der Waals surface area (Å²) in [6, 6.07) is 1.91. The first kappa shape index (κ1) is 14.7. The first-order valence-corrected chi connectivity index (χ1v) is 6.60. The van der Waals surface area contributed by atoms with Crippen molar-refractivity contribution in [1.29, 1.82) is 0 Å². The summed E-state index contributed by atoms with van der Waals surface area (Å²) in [5, 5.41) is 3.23. The number of nitrogens with zero attached hydrogens (tertiary/aromatic N) is 3. The molecule has 1 aromatic heterocycles. The van der Waals surface area contributed by atoms with Gasteiger partial charge in [0.1, 0.15) is 5.82 Å². The molecule has 0 amide bonds. The Bertz CT molecular complexity index is 346. The lowest BCUT2D eigenvalue weighted by Gasteiger charge is -2.18. The molecular formula is C13H24N4O. The summed E-state index contributed by atoms with van der Waals surface area (Å²) >= 11 is 0. The van der Waals surface area contributed by atoms with E-state index in [-0.39, 0.29) is 6.10 Å². The van der Waals surface area contributed by atoms with Crippen LogP contribution < -0.4 is 10.2 Å². The van der Waals surface area contributed by atoms with Crippen LogP contribution in [0.25, 0.3) is 0 Å². The molecule has 1 atom stereocenters. The second-order valence-electron chi connectivity index (χ2n) is 4.12. The van der Waals surface area contributed by atoms with E-state index in [2.05, 4.69) is 34.0 Å². The monoisotopic (exact) mass is 252 g/mol. The smallest absolute Gasteiger partial charge is 0.224 e. The van der Waals surface area contributed by atoms with Crippen molar-refractivity contribution in [2.45, 2.75) is 33.3 Å². The third kappa shape index (κ3) is 4.49. The van der Waals surface area contributed by atoms with E-state index in [1.54, 1.807) is 6.20 Å². The van der Waals surface area contributed by atoms with Crippen molar-refractivity contribution in [1.82, 2.24) is 9.97 Å². The van der Waals surface area contributed by atoms with Gasteiger partial charge in [0.25, 0.3) is 0 Å². The molecule has 0 fully saturated rings. The van der Waals surface area contributed by atoms with E-state index in [0.717, 1.165) is 31.9 Å². The van der Waals surface area contributed by atoms with Crippen LogP contribution in [0, 0.1) is 0 Å². The quantitative estimate of drug-likeness (QED) is 0.768. The average molecular weight is 252 g/mol. The number of anilines is 2. The van der Waals surface area contributed by atoms with Gasteiger partial charge in [0.2, 0.25) is 5.95 Å². The van der Waals surface area contributed by atoms with Gasteiger partial charge in [0.15, 0.2) is 0 Å². The summed E-state index contributed by atoms with van der Waals surface area (Å²) in [6.07, 6.45) is 2.97. The number of hydrogen-bond donors (Lipinski definition) is 1. The summed E-state index contributed by atoms with van der Waals surface area (Å²) in [7, 11) is 2.02. The molecule has 1 heterocycles. The molecule has 102 valence electrons. The maximum atomic E-state index is 5.58. The predicted molar refractivity (Wildman–Crippen MR) is 75.2 cm³/mol. The zero-order valence-corrected chi connectivity index (χ0v) is 11.8. The molecule has 0 bridgehead atoms. The second kappa shape index (κ2) is 7.87. The topological polar surface area (TPSA) is 50.3 Å². The van der Waals surface area contributed by atoms with E-state index < -0.39 is 0 Å². The molecule has 0 saturated heterocycles. The molecule has 0 aliphatic rings. The Balaban J connectivity index is 2.56. The minimum Gasteiger partial charge on any atom is -0.377 e. The van der Waals surface area contributed by atoms with Gasteiger partial charge in [0.05, 0.1) is 6.10 Å². The first-order chi connectivity index (χ1) is 8.71. The Kier molecular flexibility index (Phi) is 6.43. The fourth-order valence-electron chi connectivity index (χ4n) is 1.57. The molecule has 0 saturated carbocycles. The zero-order valence-electron chi connectivity index (χ0n) is 11.8. The Morgan fingerprint density at radius 2 is 2.17 bits per heavy atom. The molecule has 0 aliphatic heterocycles. The molecule has 5 heteroatoms. The third-order valence-corrected chi connectivity index (χ3v) is 2.85. The van der Waals surface area contributed by atoms with Crippen LogP contribution in [0.5, 0.6) is 0 Å². The summed E-state index contributed by atoms with van der Waals surface area (Å²) in [5.74, 6) is 1.59. The standard InChI is InChI=1S/C13H24N4O/c1-5-11(18-7-3)10-15-13-14-9-8-12(16-13)17(4)6-2/h8-9,11H,5-7,10H2,1-4H3,(H,14,15,16). The Morgan fingerprint density at radius 3 is 2.78 bits per heavy atom. The largest absolute Gasteiger partial charge is 0.377 e. The highest BCUT2D eigenvalue weighted by Crippen LogP contribution is 2.10.